The second-order valence-corrected chi connectivity index (χ2v) is 8.07. The van der Waals surface area contributed by atoms with Crippen molar-refractivity contribution in [3.63, 3.8) is 0 Å². The number of hydrogen-bond acceptors (Lipinski definition) is 6. The molecule has 6 rings (SSSR count). The summed E-state index contributed by atoms with van der Waals surface area (Å²) in [6, 6.07) is 5.66. The van der Waals surface area contributed by atoms with E-state index in [0.29, 0.717) is 23.2 Å². The molecular formula is C20H22N4O4. The molecule has 5 aliphatic rings. The van der Waals surface area contributed by atoms with E-state index >= 15 is 0 Å². The van der Waals surface area contributed by atoms with Crippen LogP contribution >= 0.6 is 0 Å². The molecule has 8 heteroatoms. The Morgan fingerprint density at radius 2 is 1.82 bits per heavy atom. The van der Waals surface area contributed by atoms with Gasteiger partial charge in [0.1, 0.15) is 6.04 Å². The number of hydrogen-bond donors (Lipinski definition) is 2. The minimum atomic E-state index is -0.919. The lowest BCUT2D eigenvalue weighted by molar-refractivity contribution is -0.136. The number of imide groups is 2. The van der Waals surface area contributed by atoms with Crippen molar-refractivity contribution in [2.75, 3.05) is 13.1 Å². The van der Waals surface area contributed by atoms with Gasteiger partial charge in [-0.05, 0) is 37.0 Å². The van der Waals surface area contributed by atoms with E-state index in [2.05, 4.69) is 15.5 Å². The number of benzene rings is 1. The smallest absolute Gasteiger partial charge is 0.262 e. The molecule has 28 heavy (non-hydrogen) atoms. The second-order valence-electron chi connectivity index (χ2n) is 8.07. The molecule has 1 aliphatic carbocycles. The molecule has 1 atom stereocenters. The number of carbonyl (C=O) groups excluding carboxylic acids is 4. The van der Waals surface area contributed by atoms with Crippen LogP contribution in [0.5, 0.6) is 0 Å². The van der Waals surface area contributed by atoms with Crippen molar-refractivity contribution in [1.29, 1.82) is 0 Å². The minimum Gasteiger partial charge on any atom is -0.313 e. The molecule has 0 radical (unpaired) electrons. The van der Waals surface area contributed by atoms with E-state index in [4.69, 9.17) is 0 Å². The highest BCUT2D eigenvalue weighted by atomic mass is 16.2. The fraction of sp³-hybridized carbons (Fsp3) is 0.500. The maximum Gasteiger partial charge on any atom is 0.262 e. The number of nitrogens with one attached hydrogen (secondary N) is 2. The molecule has 8 nitrogen and oxygen atoms in total. The fourth-order valence-corrected chi connectivity index (χ4v) is 4.71. The Balaban J connectivity index is 1.37. The fourth-order valence-electron chi connectivity index (χ4n) is 4.71. The van der Waals surface area contributed by atoms with Crippen molar-refractivity contribution in [2.24, 2.45) is 0 Å². The van der Waals surface area contributed by atoms with Crippen molar-refractivity contribution < 1.29 is 19.2 Å². The van der Waals surface area contributed by atoms with Crippen LogP contribution in [0.3, 0.4) is 0 Å². The van der Waals surface area contributed by atoms with Crippen LogP contribution in [-0.4, -0.2) is 64.6 Å². The summed E-state index contributed by atoms with van der Waals surface area (Å²) >= 11 is 0. The lowest BCUT2D eigenvalue weighted by Crippen LogP contribution is -2.54. The first-order chi connectivity index (χ1) is 13.5. The van der Waals surface area contributed by atoms with E-state index in [-0.39, 0.29) is 18.7 Å². The first kappa shape index (κ1) is 17.5. The maximum atomic E-state index is 12.9. The average molecular weight is 382 g/mol. The Morgan fingerprint density at radius 1 is 1.04 bits per heavy atom. The summed E-state index contributed by atoms with van der Waals surface area (Å²) in [6.45, 7) is 2.67. The minimum absolute atomic E-state index is 0.125. The van der Waals surface area contributed by atoms with Gasteiger partial charge in [0.25, 0.3) is 11.8 Å². The molecule has 2 N–H and O–H groups in total. The average Bonchev–Trinajstić information content (AvgIpc) is 2.82. The molecular weight excluding hydrogens is 360 g/mol. The van der Waals surface area contributed by atoms with Crippen LogP contribution < -0.4 is 10.6 Å². The van der Waals surface area contributed by atoms with Gasteiger partial charge >= 0.3 is 0 Å². The number of rotatable bonds is 3. The predicted octanol–water partition coefficient (Wildman–Crippen LogP) is 0.0240. The molecule has 4 heterocycles. The van der Waals surface area contributed by atoms with Gasteiger partial charge in [0, 0.05) is 38.1 Å². The van der Waals surface area contributed by atoms with Gasteiger partial charge in [-0.25, -0.2) is 0 Å². The Labute approximate surface area is 162 Å². The normalized spacial score (nSPS) is 30.0. The zero-order valence-electron chi connectivity index (χ0n) is 15.4. The van der Waals surface area contributed by atoms with Gasteiger partial charge in [0.15, 0.2) is 0 Å². The van der Waals surface area contributed by atoms with E-state index < -0.39 is 23.8 Å². The highest BCUT2D eigenvalue weighted by Gasteiger charge is 2.44. The lowest BCUT2D eigenvalue weighted by atomic mass is 9.86. The Morgan fingerprint density at radius 3 is 2.61 bits per heavy atom. The molecule has 2 bridgehead atoms. The Kier molecular flexibility index (Phi) is 4.06. The van der Waals surface area contributed by atoms with Crippen molar-refractivity contribution >= 4 is 23.6 Å². The van der Waals surface area contributed by atoms with Crippen LogP contribution in [0.4, 0.5) is 0 Å². The van der Waals surface area contributed by atoms with E-state index in [0.717, 1.165) is 42.9 Å². The first-order valence-corrected chi connectivity index (χ1v) is 9.83. The Hall–Kier alpha value is -2.58. The molecule has 4 aliphatic heterocycles. The summed E-state index contributed by atoms with van der Waals surface area (Å²) in [5.41, 5.74) is 1.68. The van der Waals surface area contributed by atoms with Gasteiger partial charge in [-0.1, -0.05) is 6.07 Å². The van der Waals surface area contributed by atoms with Crippen molar-refractivity contribution in [3.8, 4) is 0 Å². The van der Waals surface area contributed by atoms with E-state index in [1.165, 1.54) is 0 Å². The van der Waals surface area contributed by atoms with Gasteiger partial charge < -0.3 is 5.32 Å². The third-order valence-corrected chi connectivity index (χ3v) is 6.35. The van der Waals surface area contributed by atoms with Crippen LogP contribution in [0, 0.1) is 0 Å². The second kappa shape index (κ2) is 6.49. The van der Waals surface area contributed by atoms with Crippen molar-refractivity contribution in [2.45, 2.75) is 50.4 Å². The highest BCUT2D eigenvalue weighted by molar-refractivity contribution is 6.23. The monoisotopic (exact) mass is 382 g/mol. The third-order valence-electron chi connectivity index (χ3n) is 6.35. The molecule has 3 saturated heterocycles. The number of fused-ring (bicyclic) bond motifs is 4. The summed E-state index contributed by atoms with van der Waals surface area (Å²) in [6.07, 6.45) is 2.62. The van der Waals surface area contributed by atoms with Crippen LogP contribution in [-0.2, 0) is 16.1 Å². The maximum absolute atomic E-state index is 12.9. The predicted molar refractivity (Wildman–Crippen MR) is 98.3 cm³/mol. The van der Waals surface area contributed by atoms with E-state index in [1.807, 2.05) is 6.07 Å². The molecule has 1 saturated carbocycles. The SMILES string of the molecule is O=C1CCC(N2C(=O)c3ccc(CN4CCNC5CC4C5)cc3C2=O)C(=O)N1. The van der Waals surface area contributed by atoms with Crippen molar-refractivity contribution in [1.82, 2.24) is 20.4 Å². The van der Waals surface area contributed by atoms with Crippen molar-refractivity contribution in [3.05, 3.63) is 34.9 Å². The van der Waals surface area contributed by atoms with E-state index in [1.54, 1.807) is 12.1 Å². The molecule has 146 valence electrons. The largest absolute Gasteiger partial charge is 0.313 e. The highest BCUT2D eigenvalue weighted by Crippen LogP contribution is 2.31. The molecule has 1 aromatic rings. The number of carbonyl (C=O) groups is 4. The molecule has 1 unspecified atom stereocenters. The first-order valence-electron chi connectivity index (χ1n) is 9.83. The van der Waals surface area contributed by atoms with Gasteiger partial charge in [-0.15, -0.1) is 0 Å². The third kappa shape index (κ3) is 2.75. The number of nitrogens with zero attached hydrogens (tertiary/aromatic N) is 2. The summed E-state index contributed by atoms with van der Waals surface area (Å²) in [5, 5.41) is 5.74. The van der Waals surface area contributed by atoms with Crippen LogP contribution in [0.1, 0.15) is 52.0 Å². The van der Waals surface area contributed by atoms with Crippen LogP contribution in [0.2, 0.25) is 0 Å². The summed E-state index contributed by atoms with van der Waals surface area (Å²) < 4.78 is 0. The van der Waals surface area contributed by atoms with Gasteiger partial charge in [0.2, 0.25) is 11.8 Å². The zero-order valence-corrected chi connectivity index (χ0v) is 15.4. The van der Waals surface area contributed by atoms with Crippen LogP contribution in [0.25, 0.3) is 0 Å². The molecule has 4 amide bonds. The molecule has 1 aromatic carbocycles. The van der Waals surface area contributed by atoms with Crippen LogP contribution in [0.15, 0.2) is 18.2 Å². The zero-order chi connectivity index (χ0) is 19.4. The van der Waals surface area contributed by atoms with E-state index in [9.17, 15) is 19.2 Å². The quantitative estimate of drug-likeness (QED) is 0.716. The molecule has 0 aromatic heterocycles. The standard InChI is InChI=1S/C20H22N4O4/c25-17-4-3-16(18(26)22-17)24-19(27)14-2-1-11(7-15(14)20(24)28)10-23-6-5-21-12-8-13(23)9-12/h1-2,7,12-13,16,21H,3-6,8-10H2,(H,22,25,26). The summed E-state index contributed by atoms with van der Waals surface area (Å²) in [7, 11) is 0. The topological polar surface area (TPSA) is 98.8 Å². The van der Waals surface area contributed by atoms with Gasteiger partial charge in [0.05, 0.1) is 11.1 Å². The summed E-state index contributed by atoms with van der Waals surface area (Å²) in [5.74, 6) is -1.85. The lowest BCUT2D eigenvalue weighted by Gasteiger charge is -2.39. The number of piperidine rings is 1. The molecule has 4 fully saturated rings. The number of amides is 4. The van der Waals surface area contributed by atoms with Gasteiger partial charge in [-0.3, -0.25) is 34.3 Å². The Bertz CT molecular complexity index is 892. The molecule has 0 spiro atoms. The van der Waals surface area contributed by atoms with Gasteiger partial charge in [-0.2, -0.15) is 0 Å². The summed E-state index contributed by atoms with van der Waals surface area (Å²) in [4.78, 5) is 52.6.